The van der Waals surface area contributed by atoms with Crippen molar-refractivity contribution in [2.75, 3.05) is 13.4 Å². The molecule has 158 valence electrons. The van der Waals surface area contributed by atoms with Crippen LogP contribution in [0.25, 0.3) is 22.3 Å². The van der Waals surface area contributed by atoms with E-state index in [2.05, 4.69) is 4.98 Å². The Kier molecular flexibility index (Phi) is 5.90. The van der Waals surface area contributed by atoms with Crippen molar-refractivity contribution in [3.05, 3.63) is 65.9 Å². The largest absolute Gasteiger partial charge is 0.481 e. The first-order valence-corrected chi connectivity index (χ1v) is 11.0. The van der Waals surface area contributed by atoms with Gasteiger partial charge >= 0.3 is 6.18 Å². The minimum atomic E-state index is -4.71. The maximum absolute atomic E-state index is 13.9. The summed E-state index contributed by atoms with van der Waals surface area (Å²) in [4.78, 5) is 3.76. The van der Waals surface area contributed by atoms with Crippen molar-refractivity contribution in [3.63, 3.8) is 0 Å². The second kappa shape index (κ2) is 8.10. The van der Waals surface area contributed by atoms with Crippen molar-refractivity contribution in [2.45, 2.75) is 24.4 Å². The lowest BCUT2D eigenvalue weighted by molar-refractivity contribution is -0.140. The van der Waals surface area contributed by atoms with Gasteiger partial charge in [0.1, 0.15) is 0 Å². The molecule has 3 aromatic rings. The number of sulfone groups is 1. The minimum Gasteiger partial charge on any atom is -0.481 e. The molecule has 1 heterocycles. The number of aromatic nitrogens is 1. The van der Waals surface area contributed by atoms with E-state index in [0.717, 1.165) is 18.2 Å². The van der Waals surface area contributed by atoms with E-state index in [0.29, 0.717) is 11.1 Å². The predicted octanol–water partition coefficient (Wildman–Crippen LogP) is 5.41. The number of halogens is 3. The molecule has 0 aliphatic rings. The fourth-order valence-corrected chi connectivity index (χ4v) is 3.77. The highest BCUT2D eigenvalue weighted by atomic mass is 32.2. The molecular formula is C22H20F3NO3S. The summed E-state index contributed by atoms with van der Waals surface area (Å²) in [6, 6.07) is 13.9. The molecule has 0 saturated carbocycles. The van der Waals surface area contributed by atoms with E-state index in [1.54, 1.807) is 24.3 Å². The SMILES string of the molecule is CCc1ccc(-c2c(-c3ccc(S(C)(=O)=O)cc3)cc(OC)nc2C(F)(F)F)cc1. The van der Waals surface area contributed by atoms with Gasteiger partial charge in [0.05, 0.1) is 12.0 Å². The van der Waals surface area contributed by atoms with Crippen LogP contribution >= 0.6 is 0 Å². The third kappa shape index (κ3) is 4.48. The molecule has 4 nitrogen and oxygen atoms in total. The Morgan fingerprint density at radius 2 is 1.53 bits per heavy atom. The van der Waals surface area contributed by atoms with Crippen LogP contribution in [0, 0.1) is 0 Å². The normalized spacial score (nSPS) is 12.1. The van der Waals surface area contributed by atoms with E-state index in [4.69, 9.17) is 4.74 Å². The molecule has 0 saturated heterocycles. The molecule has 0 spiro atoms. The number of alkyl halides is 3. The second-order valence-electron chi connectivity index (χ2n) is 6.78. The van der Waals surface area contributed by atoms with Crippen molar-refractivity contribution in [1.29, 1.82) is 0 Å². The topological polar surface area (TPSA) is 56.3 Å². The second-order valence-corrected chi connectivity index (χ2v) is 8.80. The van der Waals surface area contributed by atoms with Gasteiger partial charge in [0.25, 0.3) is 0 Å². The summed E-state index contributed by atoms with van der Waals surface area (Å²) in [5.74, 6) is -0.182. The van der Waals surface area contributed by atoms with Gasteiger partial charge in [-0.05, 0) is 40.8 Å². The lowest BCUT2D eigenvalue weighted by Crippen LogP contribution is -2.12. The molecule has 0 aliphatic carbocycles. The molecule has 0 amide bonds. The van der Waals surface area contributed by atoms with Crippen LogP contribution in [-0.4, -0.2) is 26.8 Å². The van der Waals surface area contributed by atoms with Crippen LogP contribution in [0.5, 0.6) is 5.88 Å². The fraction of sp³-hybridized carbons (Fsp3) is 0.227. The number of ether oxygens (including phenoxy) is 1. The van der Waals surface area contributed by atoms with Crippen molar-refractivity contribution in [2.24, 2.45) is 0 Å². The van der Waals surface area contributed by atoms with Crippen molar-refractivity contribution >= 4 is 9.84 Å². The molecular weight excluding hydrogens is 415 g/mol. The maximum atomic E-state index is 13.9. The van der Waals surface area contributed by atoms with E-state index in [1.807, 2.05) is 6.92 Å². The van der Waals surface area contributed by atoms with Crippen molar-refractivity contribution in [1.82, 2.24) is 4.98 Å². The third-order valence-corrected chi connectivity index (χ3v) is 5.85. The van der Waals surface area contributed by atoms with Gasteiger partial charge in [-0.25, -0.2) is 13.4 Å². The summed E-state index contributed by atoms with van der Waals surface area (Å²) >= 11 is 0. The maximum Gasteiger partial charge on any atom is 0.434 e. The fourth-order valence-electron chi connectivity index (χ4n) is 3.14. The number of hydrogen-bond donors (Lipinski definition) is 0. The molecule has 30 heavy (non-hydrogen) atoms. The molecule has 3 rings (SSSR count). The van der Waals surface area contributed by atoms with Gasteiger partial charge < -0.3 is 4.74 Å². The van der Waals surface area contributed by atoms with Crippen molar-refractivity contribution in [3.8, 4) is 28.1 Å². The summed E-state index contributed by atoms with van der Waals surface area (Å²) in [5.41, 5.74) is 0.873. The van der Waals surface area contributed by atoms with Gasteiger partial charge in [-0.2, -0.15) is 13.2 Å². The van der Waals surface area contributed by atoms with E-state index in [9.17, 15) is 21.6 Å². The summed E-state index contributed by atoms with van der Waals surface area (Å²) in [7, 11) is -2.19. The summed E-state index contributed by atoms with van der Waals surface area (Å²) in [6.45, 7) is 1.96. The zero-order valence-corrected chi connectivity index (χ0v) is 17.4. The average Bonchev–Trinajstić information content (AvgIpc) is 2.71. The van der Waals surface area contributed by atoms with E-state index < -0.39 is 21.7 Å². The van der Waals surface area contributed by atoms with Crippen LogP contribution in [0.1, 0.15) is 18.2 Å². The molecule has 1 aromatic heterocycles. The first-order valence-electron chi connectivity index (χ1n) is 9.10. The molecule has 0 fully saturated rings. The molecule has 8 heteroatoms. The zero-order chi connectivity index (χ0) is 22.1. The summed E-state index contributed by atoms with van der Waals surface area (Å²) in [5, 5.41) is 0. The highest BCUT2D eigenvalue weighted by Gasteiger charge is 2.38. The molecule has 0 atom stereocenters. The predicted molar refractivity (Wildman–Crippen MR) is 109 cm³/mol. The number of rotatable bonds is 5. The van der Waals surface area contributed by atoms with Crippen LogP contribution in [0.15, 0.2) is 59.5 Å². The lowest BCUT2D eigenvalue weighted by Gasteiger charge is -2.18. The van der Waals surface area contributed by atoms with Crippen LogP contribution < -0.4 is 4.74 Å². The van der Waals surface area contributed by atoms with Gasteiger partial charge in [0.15, 0.2) is 15.5 Å². The molecule has 0 radical (unpaired) electrons. The molecule has 0 aliphatic heterocycles. The van der Waals surface area contributed by atoms with Crippen LogP contribution in [0.2, 0.25) is 0 Å². The van der Waals surface area contributed by atoms with Gasteiger partial charge in [-0.15, -0.1) is 0 Å². The van der Waals surface area contributed by atoms with Crippen molar-refractivity contribution < 1.29 is 26.3 Å². The first-order chi connectivity index (χ1) is 14.0. The molecule has 0 N–H and O–H groups in total. The van der Waals surface area contributed by atoms with Gasteiger partial charge in [-0.3, -0.25) is 0 Å². The number of nitrogens with zero attached hydrogens (tertiary/aromatic N) is 1. The van der Waals surface area contributed by atoms with Crippen LogP contribution in [0.4, 0.5) is 13.2 Å². The highest BCUT2D eigenvalue weighted by Crippen LogP contribution is 2.43. The number of hydrogen-bond acceptors (Lipinski definition) is 4. The first kappa shape index (κ1) is 21.8. The van der Waals surface area contributed by atoms with Crippen LogP contribution in [0.3, 0.4) is 0 Å². The minimum absolute atomic E-state index is 0.0807. The standard InChI is InChI=1S/C22H20F3NO3S/c1-4-14-5-7-16(8-6-14)20-18(13-19(29-2)26-21(20)22(23,24)25)15-9-11-17(12-10-15)30(3,27)28/h5-13H,4H2,1-3H3. The quantitative estimate of drug-likeness (QED) is 0.538. The summed E-state index contributed by atoms with van der Waals surface area (Å²) in [6.07, 6.45) is -2.89. The monoisotopic (exact) mass is 435 g/mol. The van der Waals surface area contributed by atoms with Crippen LogP contribution in [-0.2, 0) is 22.4 Å². The number of aryl methyl sites for hydroxylation is 1. The Bertz CT molecular complexity index is 1150. The Balaban J connectivity index is 2.32. The van der Waals surface area contributed by atoms with E-state index in [1.165, 1.54) is 37.4 Å². The molecule has 0 bridgehead atoms. The van der Waals surface area contributed by atoms with E-state index in [-0.39, 0.29) is 21.9 Å². The van der Waals surface area contributed by atoms with Gasteiger partial charge in [-0.1, -0.05) is 43.3 Å². The highest BCUT2D eigenvalue weighted by molar-refractivity contribution is 7.90. The number of benzene rings is 2. The van der Waals surface area contributed by atoms with E-state index >= 15 is 0 Å². The Morgan fingerprint density at radius 3 is 2.00 bits per heavy atom. The summed E-state index contributed by atoms with van der Waals surface area (Å²) < 4.78 is 70.2. The van der Waals surface area contributed by atoms with Gasteiger partial charge in [0.2, 0.25) is 5.88 Å². The Hall–Kier alpha value is -2.87. The lowest BCUT2D eigenvalue weighted by atomic mass is 9.92. The molecule has 2 aromatic carbocycles. The average molecular weight is 435 g/mol. The third-order valence-electron chi connectivity index (χ3n) is 4.72. The van der Waals surface area contributed by atoms with Gasteiger partial charge in [0, 0.05) is 17.9 Å². The Morgan fingerprint density at radius 1 is 0.967 bits per heavy atom. The number of methoxy groups -OCH3 is 1. The Labute approximate surface area is 173 Å². The smallest absolute Gasteiger partial charge is 0.434 e. The zero-order valence-electron chi connectivity index (χ0n) is 16.6. The number of pyridine rings is 1. The molecule has 0 unspecified atom stereocenters.